The Morgan fingerprint density at radius 3 is 2.45 bits per heavy atom. The molecule has 1 fully saturated rings. The summed E-state index contributed by atoms with van der Waals surface area (Å²) in [5.41, 5.74) is 4.35. The molecule has 3 rings (SSSR count). The highest BCUT2D eigenvalue weighted by atomic mass is 35.5. The van der Waals surface area contributed by atoms with Gasteiger partial charge >= 0.3 is 0 Å². The van der Waals surface area contributed by atoms with Gasteiger partial charge in [-0.05, 0) is 30.0 Å². The maximum absolute atomic E-state index is 12.1. The van der Waals surface area contributed by atoms with Gasteiger partial charge in [0.25, 0.3) is 0 Å². The molecule has 0 aromatic heterocycles. The van der Waals surface area contributed by atoms with E-state index in [1.54, 1.807) is 18.2 Å². The molecule has 1 N–H and O–H groups in total. The fourth-order valence-electron chi connectivity index (χ4n) is 2.43. The SMILES string of the molecule is O=C(N/N=C\c1c(Cl)cccc1Cl)[C@H]1C[C@H]1c1ccccc1. The third-order valence-electron chi connectivity index (χ3n) is 3.72. The van der Waals surface area contributed by atoms with Gasteiger partial charge in [0, 0.05) is 11.5 Å². The van der Waals surface area contributed by atoms with Crippen LogP contribution in [0.1, 0.15) is 23.5 Å². The largest absolute Gasteiger partial charge is 0.273 e. The van der Waals surface area contributed by atoms with Gasteiger partial charge < -0.3 is 0 Å². The third kappa shape index (κ3) is 3.32. The number of carbonyl (C=O) groups is 1. The van der Waals surface area contributed by atoms with Gasteiger partial charge in [-0.2, -0.15) is 5.10 Å². The van der Waals surface area contributed by atoms with Crippen LogP contribution in [0.15, 0.2) is 53.6 Å². The van der Waals surface area contributed by atoms with Crippen molar-refractivity contribution >= 4 is 35.3 Å². The Kier molecular flexibility index (Phi) is 4.46. The van der Waals surface area contributed by atoms with Gasteiger partial charge in [-0.1, -0.05) is 59.6 Å². The Morgan fingerprint density at radius 1 is 1.09 bits per heavy atom. The van der Waals surface area contributed by atoms with Gasteiger partial charge in [0.05, 0.1) is 16.3 Å². The summed E-state index contributed by atoms with van der Waals surface area (Å²) in [6.45, 7) is 0. The van der Waals surface area contributed by atoms with E-state index in [-0.39, 0.29) is 11.8 Å². The van der Waals surface area contributed by atoms with Gasteiger partial charge in [0.15, 0.2) is 0 Å². The van der Waals surface area contributed by atoms with Crippen LogP contribution in [0.3, 0.4) is 0 Å². The Bertz CT molecular complexity index is 696. The minimum absolute atomic E-state index is 0.0127. The molecule has 1 amide bonds. The summed E-state index contributed by atoms with van der Waals surface area (Å²) >= 11 is 12.1. The molecule has 5 heteroatoms. The van der Waals surface area contributed by atoms with Crippen LogP contribution in [0.5, 0.6) is 0 Å². The molecule has 0 saturated heterocycles. The molecule has 2 aromatic rings. The van der Waals surface area contributed by atoms with E-state index in [4.69, 9.17) is 23.2 Å². The number of hydrogen-bond donors (Lipinski definition) is 1. The third-order valence-corrected chi connectivity index (χ3v) is 4.38. The predicted molar refractivity (Wildman–Crippen MR) is 89.5 cm³/mol. The molecule has 0 radical (unpaired) electrons. The van der Waals surface area contributed by atoms with Gasteiger partial charge in [-0.3, -0.25) is 4.79 Å². The number of nitrogens with zero attached hydrogens (tertiary/aromatic N) is 1. The lowest BCUT2D eigenvalue weighted by molar-refractivity contribution is -0.122. The lowest BCUT2D eigenvalue weighted by Crippen LogP contribution is -2.20. The van der Waals surface area contributed by atoms with E-state index >= 15 is 0 Å². The Balaban J connectivity index is 1.59. The van der Waals surface area contributed by atoms with Crippen LogP contribution in [0.4, 0.5) is 0 Å². The molecule has 1 aliphatic rings. The molecule has 2 aromatic carbocycles. The first-order chi connectivity index (χ1) is 10.7. The zero-order chi connectivity index (χ0) is 15.5. The molecule has 2 atom stereocenters. The Hall–Kier alpha value is -1.84. The van der Waals surface area contributed by atoms with E-state index in [2.05, 4.69) is 10.5 Å². The summed E-state index contributed by atoms with van der Waals surface area (Å²) in [7, 11) is 0. The summed E-state index contributed by atoms with van der Waals surface area (Å²) < 4.78 is 0. The second kappa shape index (κ2) is 6.51. The summed E-state index contributed by atoms with van der Waals surface area (Å²) in [6.07, 6.45) is 2.33. The minimum atomic E-state index is -0.0757. The second-order valence-electron chi connectivity index (χ2n) is 5.23. The van der Waals surface area contributed by atoms with Crippen molar-refractivity contribution in [2.75, 3.05) is 0 Å². The van der Waals surface area contributed by atoms with Crippen LogP contribution >= 0.6 is 23.2 Å². The van der Waals surface area contributed by atoms with Crippen molar-refractivity contribution in [1.29, 1.82) is 0 Å². The first-order valence-electron chi connectivity index (χ1n) is 6.98. The molecule has 0 bridgehead atoms. The standard InChI is InChI=1S/C17H14Cl2N2O/c18-15-7-4-8-16(19)14(15)10-20-21-17(22)13-9-12(13)11-5-2-1-3-6-11/h1-8,10,12-13H,9H2,(H,21,22)/b20-10-/t12-,13-/m0/s1. The lowest BCUT2D eigenvalue weighted by Gasteiger charge is -2.02. The van der Waals surface area contributed by atoms with E-state index in [0.717, 1.165) is 6.42 Å². The number of hydrazone groups is 1. The number of rotatable bonds is 4. The smallest absolute Gasteiger partial charge is 0.243 e. The fourth-order valence-corrected chi connectivity index (χ4v) is 2.93. The quantitative estimate of drug-likeness (QED) is 0.660. The van der Waals surface area contributed by atoms with Crippen molar-refractivity contribution in [3.63, 3.8) is 0 Å². The first kappa shape index (κ1) is 15.1. The van der Waals surface area contributed by atoms with E-state index in [1.165, 1.54) is 11.8 Å². The van der Waals surface area contributed by atoms with E-state index in [9.17, 15) is 4.79 Å². The molecule has 0 unspecified atom stereocenters. The van der Waals surface area contributed by atoms with Crippen LogP contribution < -0.4 is 5.43 Å². The topological polar surface area (TPSA) is 41.5 Å². The summed E-state index contributed by atoms with van der Waals surface area (Å²) in [5, 5.41) is 4.96. The number of halogens is 2. The maximum atomic E-state index is 12.1. The molecule has 22 heavy (non-hydrogen) atoms. The zero-order valence-electron chi connectivity index (χ0n) is 11.7. The average Bonchev–Trinajstić information content (AvgIpc) is 3.32. The summed E-state index contributed by atoms with van der Waals surface area (Å²) in [6, 6.07) is 15.2. The van der Waals surface area contributed by atoms with Crippen molar-refractivity contribution in [2.24, 2.45) is 11.0 Å². The van der Waals surface area contributed by atoms with Crippen molar-refractivity contribution < 1.29 is 4.79 Å². The second-order valence-corrected chi connectivity index (χ2v) is 6.04. The number of hydrogen-bond acceptors (Lipinski definition) is 2. The van der Waals surface area contributed by atoms with Gasteiger partial charge in [0.2, 0.25) is 5.91 Å². The van der Waals surface area contributed by atoms with E-state index in [1.807, 2.05) is 30.3 Å². The average molecular weight is 333 g/mol. The lowest BCUT2D eigenvalue weighted by atomic mass is 10.1. The Morgan fingerprint density at radius 2 is 1.77 bits per heavy atom. The molecular weight excluding hydrogens is 319 g/mol. The minimum Gasteiger partial charge on any atom is -0.273 e. The maximum Gasteiger partial charge on any atom is 0.243 e. The number of nitrogens with one attached hydrogen (secondary N) is 1. The van der Waals surface area contributed by atoms with Crippen LogP contribution in [-0.4, -0.2) is 12.1 Å². The highest BCUT2D eigenvalue weighted by Crippen LogP contribution is 2.47. The number of benzene rings is 2. The number of carbonyl (C=O) groups excluding carboxylic acids is 1. The molecule has 112 valence electrons. The van der Waals surface area contributed by atoms with Crippen molar-refractivity contribution in [2.45, 2.75) is 12.3 Å². The monoisotopic (exact) mass is 332 g/mol. The fraction of sp³-hybridized carbons (Fsp3) is 0.176. The number of amides is 1. The molecule has 0 aliphatic heterocycles. The van der Waals surface area contributed by atoms with Crippen LogP contribution in [0.25, 0.3) is 0 Å². The normalized spacial score (nSPS) is 20.1. The molecular formula is C17H14Cl2N2O. The summed E-state index contributed by atoms with van der Waals surface area (Å²) in [4.78, 5) is 12.1. The molecule has 1 aliphatic carbocycles. The van der Waals surface area contributed by atoms with Gasteiger partial charge in [-0.15, -0.1) is 0 Å². The highest BCUT2D eigenvalue weighted by molar-refractivity contribution is 6.38. The van der Waals surface area contributed by atoms with Crippen LogP contribution in [0.2, 0.25) is 10.0 Å². The highest BCUT2D eigenvalue weighted by Gasteiger charge is 2.43. The van der Waals surface area contributed by atoms with Crippen LogP contribution in [0, 0.1) is 5.92 Å². The first-order valence-corrected chi connectivity index (χ1v) is 7.74. The van der Waals surface area contributed by atoms with E-state index in [0.29, 0.717) is 21.5 Å². The molecule has 0 spiro atoms. The molecule has 1 saturated carbocycles. The molecule has 0 heterocycles. The summed E-state index contributed by atoms with van der Waals surface area (Å²) in [5.74, 6) is 0.204. The van der Waals surface area contributed by atoms with E-state index < -0.39 is 0 Å². The molecule has 3 nitrogen and oxygen atoms in total. The van der Waals surface area contributed by atoms with Crippen molar-refractivity contribution in [3.05, 3.63) is 69.7 Å². The predicted octanol–water partition coefficient (Wildman–Crippen LogP) is 4.25. The van der Waals surface area contributed by atoms with Crippen LogP contribution in [-0.2, 0) is 4.79 Å². The van der Waals surface area contributed by atoms with Gasteiger partial charge in [-0.25, -0.2) is 5.43 Å². The Labute approximate surface area is 138 Å². The van der Waals surface area contributed by atoms with Crippen molar-refractivity contribution in [1.82, 2.24) is 5.43 Å². The zero-order valence-corrected chi connectivity index (χ0v) is 13.2. The van der Waals surface area contributed by atoms with Gasteiger partial charge in [0.1, 0.15) is 0 Å². The van der Waals surface area contributed by atoms with Crippen molar-refractivity contribution in [3.8, 4) is 0 Å².